The third-order valence-electron chi connectivity index (χ3n) is 6.23. The van der Waals surface area contributed by atoms with Gasteiger partial charge in [0, 0.05) is 12.5 Å². The van der Waals surface area contributed by atoms with Gasteiger partial charge in [-0.1, -0.05) is 82.6 Å². The van der Waals surface area contributed by atoms with Gasteiger partial charge in [0.05, 0.1) is 17.6 Å². The molecule has 0 bridgehead atoms. The number of para-hydroxylation sites is 2. The largest absolute Gasteiger partial charge is 0.494 e. The van der Waals surface area contributed by atoms with Crippen LogP contribution in [0.25, 0.3) is 11.0 Å². The van der Waals surface area contributed by atoms with Crippen LogP contribution in [0.5, 0.6) is 5.75 Å². The first-order valence-electron chi connectivity index (χ1n) is 12.3. The van der Waals surface area contributed by atoms with E-state index < -0.39 is 0 Å². The minimum absolute atomic E-state index is 0.210. The van der Waals surface area contributed by atoms with Crippen LogP contribution in [0.15, 0.2) is 72.8 Å². The molecule has 0 saturated heterocycles. The molecule has 33 heavy (non-hydrogen) atoms. The van der Waals surface area contributed by atoms with Crippen LogP contribution in [0.2, 0.25) is 0 Å². The van der Waals surface area contributed by atoms with E-state index in [0.717, 1.165) is 49.5 Å². The highest BCUT2D eigenvalue weighted by atomic mass is 16.5. The van der Waals surface area contributed by atoms with Crippen molar-refractivity contribution < 1.29 is 4.74 Å². The first-order valence-corrected chi connectivity index (χ1v) is 12.3. The fraction of sp³-hybridized carbons (Fsp3) is 0.367. The van der Waals surface area contributed by atoms with E-state index in [0.29, 0.717) is 5.92 Å². The molecular formula is C30H36N2O. The van der Waals surface area contributed by atoms with Crippen molar-refractivity contribution in [3.8, 4) is 5.75 Å². The van der Waals surface area contributed by atoms with Crippen LogP contribution in [-0.2, 0) is 13.0 Å². The van der Waals surface area contributed by atoms with E-state index in [1.165, 1.54) is 22.2 Å². The first-order chi connectivity index (χ1) is 16.0. The smallest absolute Gasteiger partial charge is 0.119 e. The van der Waals surface area contributed by atoms with Gasteiger partial charge in [0.25, 0.3) is 0 Å². The van der Waals surface area contributed by atoms with Crippen LogP contribution < -0.4 is 4.74 Å². The number of nitrogens with zero attached hydrogens (tertiary/aromatic N) is 2. The van der Waals surface area contributed by atoms with Crippen molar-refractivity contribution in [1.29, 1.82) is 0 Å². The van der Waals surface area contributed by atoms with Crippen molar-refractivity contribution in [3.63, 3.8) is 0 Å². The van der Waals surface area contributed by atoms with Gasteiger partial charge in [-0.25, -0.2) is 4.98 Å². The first kappa shape index (κ1) is 23.1. The normalized spacial score (nSPS) is 12.4. The van der Waals surface area contributed by atoms with Gasteiger partial charge in [-0.05, 0) is 59.7 Å². The standard InChI is InChI=1S/C30H36N2O/c1-5-6-19-33-27-17-13-25(14-18-27)21-32-29-10-8-7-9-28(29)31-30(32)23(4)26-15-11-24(12-16-26)20-22(2)3/h7-18,22-23H,5-6,19-21H2,1-4H3/t23-/m1/s1. The van der Waals surface area contributed by atoms with Crippen molar-refractivity contribution in [2.75, 3.05) is 6.61 Å². The number of imidazole rings is 1. The fourth-order valence-electron chi connectivity index (χ4n) is 4.36. The number of ether oxygens (including phenoxy) is 1. The Kier molecular flexibility index (Phi) is 7.49. The SMILES string of the molecule is CCCCOc1ccc(Cn2c([C@H](C)c3ccc(CC(C)C)cc3)nc3ccccc32)cc1. The zero-order valence-corrected chi connectivity index (χ0v) is 20.4. The van der Waals surface area contributed by atoms with E-state index in [4.69, 9.17) is 9.72 Å². The molecule has 4 aromatic rings. The number of benzene rings is 3. The third-order valence-corrected chi connectivity index (χ3v) is 6.23. The fourth-order valence-corrected chi connectivity index (χ4v) is 4.36. The van der Waals surface area contributed by atoms with Crippen molar-refractivity contribution in [2.24, 2.45) is 5.92 Å². The maximum absolute atomic E-state index is 5.84. The molecule has 1 heterocycles. The molecule has 0 N–H and O–H groups in total. The summed E-state index contributed by atoms with van der Waals surface area (Å²) in [5.74, 6) is 2.93. The average molecular weight is 441 g/mol. The van der Waals surface area contributed by atoms with E-state index >= 15 is 0 Å². The lowest BCUT2D eigenvalue weighted by molar-refractivity contribution is 0.309. The second-order valence-electron chi connectivity index (χ2n) is 9.45. The van der Waals surface area contributed by atoms with Crippen molar-refractivity contribution >= 4 is 11.0 Å². The predicted molar refractivity (Wildman–Crippen MR) is 138 cm³/mol. The van der Waals surface area contributed by atoms with E-state index in [1.807, 2.05) is 0 Å². The highest BCUT2D eigenvalue weighted by Crippen LogP contribution is 2.29. The number of rotatable bonds is 10. The Bertz CT molecular complexity index is 1160. The molecule has 3 aromatic carbocycles. The molecule has 0 aliphatic heterocycles. The van der Waals surface area contributed by atoms with Gasteiger partial charge in [0.1, 0.15) is 11.6 Å². The van der Waals surface area contributed by atoms with Crippen LogP contribution in [0.1, 0.15) is 69.0 Å². The molecule has 0 spiro atoms. The second kappa shape index (κ2) is 10.7. The molecular weight excluding hydrogens is 404 g/mol. The highest BCUT2D eigenvalue weighted by molar-refractivity contribution is 5.76. The monoisotopic (exact) mass is 440 g/mol. The zero-order valence-electron chi connectivity index (χ0n) is 20.4. The summed E-state index contributed by atoms with van der Waals surface area (Å²) >= 11 is 0. The van der Waals surface area contributed by atoms with Gasteiger partial charge in [-0.15, -0.1) is 0 Å². The van der Waals surface area contributed by atoms with Crippen LogP contribution in [0.4, 0.5) is 0 Å². The maximum atomic E-state index is 5.84. The molecule has 3 heteroatoms. The molecule has 172 valence electrons. The predicted octanol–water partition coefficient (Wildman–Crippen LogP) is 7.61. The van der Waals surface area contributed by atoms with Gasteiger partial charge in [-0.2, -0.15) is 0 Å². The molecule has 3 nitrogen and oxygen atoms in total. The summed E-state index contributed by atoms with van der Waals surface area (Å²) in [5, 5.41) is 0. The number of fused-ring (bicyclic) bond motifs is 1. The molecule has 0 unspecified atom stereocenters. The van der Waals surface area contributed by atoms with Crippen LogP contribution in [0, 0.1) is 5.92 Å². The van der Waals surface area contributed by atoms with Gasteiger partial charge in [0.15, 0.2) is 0 Å². The minimum Gasteiger partial charge on any atom is -0.494 e. The van der Waals surface area contributed by atoms with Gasteiger partial charge < -0.3 is 9.30 Å². The lowest BCUT2D eigenvalue weighted by Gasteiger charge is -2.16. The Labute approximate surface area is 198 Å². The molecule has 0 radical (unpaired) electrons. The summed E-state index contributed by atoms with van der Waals surface area (Å²) in [6.07, 6.45) is 3.35. The average Bonchev–Trinajstić information content (AvgIpc) is 3.18. The van der Waals surface area contributed by atoms with E-state index in [9.17, 15) is 0 Å². The summed E-state index contributed by atoms with van der Waals surface area (Å²) in [7, 11) is 0. The lowest BCUT2D eigenvalue weighted by Crippen LogP contribution is -2.09. The molecule has 0 saturated carbocycles. The van der Waals surface area contributed by atoms with Gasteiger partial charge in [0.2, 0.25) is 0 Å². The Morgan fingerprint density at radius 2 is 1.55 bits per heavy atom. The summed E-state index contributed by atoms with van der Waals surface area (Å²) in [6, 6.07) is 26.1. The molecule has 0 fully saturated rings. The van der Waals surface area contributed by atoms with Crippen molar-refractivity contribution in [2.45, 2.75) is 59.4 Å². The molecule has 0 aliphatic rings. The molecule has 0 aliphatic carbocycles. The van der Waals surface area contributed by atoms with E-state index in [1.54, 1.807) is 0 Å². The number of hydrogen-bond donors (Lipinski definition) is 0. The van der Waals surface area contributed by atoms with Gasteiger partial charge >= 0.3 is 0 Å². The summed E-state index contributed by atoms with van der Waals surface area (Å²) < 4.78 is 8.21. The lowest BCUT2D eigenvalue weighted by atomic mass is 9.96. The van der Waals surface area contributed by atoms with Crippen molar-refractivity contribution in [1.82, 2.24) is 9.55 Å². The van der Waals surface area contributed by atoms with E-state index in [2.05, 4.69) is 105 Å². The summed E-state index contributed by atoms with van der Waals surface area (Å²) in [6.45, 7) is 10.5. The molecule has 0 amide bonds. The number of aromatic nitrogens is 2. The van der Waals surface area contributed by atoms with Crippen molar-refractivity contribution in [3.05, 3.63) is 95.3 Å². The highest BCUT2D eigenvalue weighted by Gasteiger charge is 2.18. The Hall–Kier alpha value is -3.07. The summed E-state index contributed by atoms with van der Waals surface area (Å²) in [4.78, 5) is 5.06. The Balaban J connectivity index is 1.60. The van der Waals surface area contributed by atoms with Crippen LogP contribution in [0.3, 0.4) is 0 Å². The van der Waals surface area contributed by atoms with Crippen LogP contribution >= 0.6 is 0 Å². The third kappa shape index (κ3) is 5.65. The Morgan fingerprint density at radius 3 is 2.24 bits per heavy atom. The summed E-state index contributed by atoms with van der Waals surface area (Å²) in [5.41, 5.74) is 6.19. The minimum atomic E-state index is 0.210. The zero-order chi connectivity index (χ0) is 23.2. The molecule has 1 aromatic heterocycles. The quantitative estimate of drug-likeness (QED) is 0.237. The Morgan fingerprint density at radius 1 is 0.848 bits per heavy atom. The van der Waals surface area contributed by atoms with Gasteiger partial charge in [-0.3, -0.25) is 0 Å². The van der Waals surface area contributed by atoms with E-state index in [-0.39, 0.29) is 5.92 Å². The maximum Gasteiger partial charge on any atom is 0.119 e. The second-order valence-corrected chi connectivity index (χ2v) is 9.45. The molecule has 4 rings (SSSR count). The molecule has 1 atom stereocenters. The van der Waals surface area contributed by atoms with Crippen LogP contribution in [-0.4, -0.2) is 16.2 Å². The number of hydrogen-bond acceptors (Lipinski definition) is 2. The topological polar surface area (TPSA) is 27.1 Å². The number of unbranched alkanes of at least 4 members (excludes halogenated alkanes) is 1.